The number of nitrogens with zero attached hydrogens (tertiary/aromatic N) is 1. The van der Waals surface area contributed by atoms with Crippen molar-refractivity contribution in [2.24, 2.45) is 34.4 Å². The smallest absolute Gasteiger partial charge is 0.240 e. The van der Waals surface area contributed by atoms with E-state index >= 15 is 0 Å². The van der Waals surface area contributed by atoms with Crippen LogP contribution in [0.15, 0.2) is 0 Å². The quantitative estimate of drug-likeness (QED) is 0.0469. The molecule has 0 aliphatic carbocycles. The average molecular weight is 519 g/mol. The molecule has 0 saturated heterocycles. The first-order valence-electron chi connectivity index (χ1n) is 12.0. The maximum Gasteiger partial charge on any atom is 0.240 e. The molecule has 17 N–H and O–H groups in total. The van der Waals surface area contributed by atoms with Gasteiger partial charge >= 0.3 is 0 Å². The van der Waals surface area contributed by atoms with Crippen LogP contribution in [0.4, 0.5) is 0 Å². The molecule has 0 bridgehead atoms. The van der Waals surface area contributed by atoms with Gasteiger partial charge in [-0.25, -0.2) is 0 Å². The average Bonchev–Trinajstić information content (AvgIpc) is 2.86. The second-order valence-electron chi connectivity index (χ2n) is 8.12. The zero-order chi connectivity index (χ0) is 27.3. The standard InChI is InChI=1S/C20H46N12O4/c21-1-4-27-9-15(24)18(34)30-7-8-32(20(36)17(26)11-29-6-3-23)12-14(13-33)31-19(35)16(25)10-28-5-2-22/h13-17,27-29H,1-12,21-26H2,(H,30,34)(H,31,35)/t14?,15-,16-,17-/m0/s1. The Labute approximate surface area is 212 Å². The van der Waals surface area contributed by atoms with Gasteiger partial charge in [-0.15, -0.1) is 0 Å². The second-order valence-corrected chi connectivity index (χ2v) is 8.12. The van der Waals surface area contributed by atoms with Crippen molar-refractivity contribution < 1.29 is 19.2 Å². The van der Waals surface area contributed by atoms with Gasteiger partial charge in [0.15, 0.2) is 0 Å². The number of carbonyl (C=O) groups excluding carboxylic acids is 4. The van der Waals surface area contributed by atoms with E-state index in [-0.39, 0.29) is 39.3 Å². The van der Waals surface area contributed by atoms with E-state index < -0.39 is 41.9 Å². The summed E-state index contributed by atoms with van der Waals surface area (Å²) in [4.78, 5) is 50.5. The molecule has 0 aromatic heterocycles. The first-order chi connectivity index (χ1) is 17.2. The summed E-state index contributed by atoms with van der Waals surface area (Å²) < 4.78 is 0. The summed E-state index contributed by atoms with van der Waals surface area (Å²) in [7, 11) is 0. The molecule has 1 unspecified atom stereocenters. The lowest BCUT2D eigenvalue weighted by Crippen LogP contribution is -2.57. The van der Waals surface area contributed by atoms with Gasteiger partial charge in [-0.1, -0.05) is 0 Å². The second kappa shape index (κ2) is 20.9. The largest absolute Gasteiger partial charge is 0.353 e. The van der Waals surface area contributed by atoms with Gasteiger partial charge in [0.1, 0.15) is 12.3 Å². The Morgan fingerprint density at radius 3 is 1.67 bits per heavy atom. The van der Waals surface area contributed by atoms with Crippen LogP contribution < -0.4 is 61.0 Å². The van der Waals surface area contributed by atoms with E-state index in [0.29, 0.717) is 45.6 Å². The number of aldehydes is 1. The molecule has 0 fully saturated rings. The minimum atomic E-state index is -1.04. The lowest BCUT2D eigenvalue weighted by Gasteiger charge is -2.29. The van der Waals surface area contributed by atoms with Crippen molar-refractivity contribution in [3.8, 4) is 0 Å². The van der Waals surface area contributed by atoms with Gasteiger partial charge in [0.2, 0.25) is 17.7 Å². The van der Waals surface area contributed by atoms with E-state index in [9.17, 15) is 19.2 Å². The maximum absolute atomic E-state index is 13.0. The zero-order valence-corrected chi connectivity index (χ0v) is 20.9. The Morgan fingerprint density at radius 2 is 1.19 bits per heavy atom. The summed E-state index contributed by atoms with van der Waals surface area (Å²) in [6.45, 7) is 3.12. The number of hydrogen-bond donors (Lipinski definition) is 11. The summed E-state index contributed by atoms with van der Waals surface area (Å²) >= 11 is 0. The molecule has 16 heteroatoms. The van der Waals surface area contributed by atoms with Crippen molar-refractivity contribution in [2.45, 2.75) is 24.2 Å². The third-order valence-electron chi connectivity index (χ3n) is 4.95. The van der Waals surface area contributed by atoms with Crippen LogP contribution in [0, 0.1) is 0 Å². The van der Waals surface area contributed by atoms with E-state index in [2.05, 4.69) is 26.6 Å². The predicted octanol–water partition coefficient (Wildman–Crippen LogP) is -7.76. The predicted molar refractivity (Wildman–Crippen MR) is 137 cm³/mol. The molecule has 16 nitrogen and oxygen atoms in total. The first kappa shape index (κ1) is 33.7. The summed E-state index contributed by atoms with van der Waals surface area (Å²) in [5.41, 5.74) is 33.9. The zero-order valence-electron chi connectivity index (χ0n) is 20.9. The number of rotatable bonds is 22. The Morgan fingerprint density at radius 1 is 0.722 bits per heavy atom. The Hall–Kier alpha value is -2.28. The Balaban J connectivity index is 5.10. The van der Waals surface area contributed by atoms with Gasteiger partial charge in [-0.05, 0) is 0 Å². The van der Waals surface area contributed by atoms with E-state index in [0.717, 1.165) is 0 Å². The third-order valence-corrected chi connectivity index (χ3v) is 4.95. The van der Waals surface area contributed by atoms with Crippen molar-refractivity contribution in [1.82, 2.24) is 31.5 Å². The monoisotopic (exact) mass is 518 g/mol. The minimum absolute atomic E-state index is 0.0302. The van der Waals surface area contributed by atoms with E-state index in [1.807, 2.05) is 0 Å². The van der Waals surface area contributed by atoms with E-state index in [1.54, 1.807) is 0 Å². The van der Waals surface area contributed by atoms with Crippen molar-refractivity contribution in [2.75, 3.05) is 78.5 Å². The summed E-state index contributed by atoms with van der Waals surface area (Å²) in [5, 5.41) is 14.0. The number of nitrogens with two attached hydrogens (primary N) is 6. The molecule has 3 amide bonds. The summed E-state index contributed by atoms with van der Waals surface area (Å²) in [6, 6.07) is -3.69. The molecule has 0 radical (unpaired) electrons. The molecular formula is C20H46N12O4. The molecular weight excluding hydrogens is 472 g/mol. The van der Waals surface area contributed by atoms with Crippen molar-refractivity contribution in [3.05, 3.63) is 0 Å². The van der Waals surface area contributed by atoms with Gasteiger partial charge in [-0.3, -0.25) is 14.4 Å². The molecule has 0 spiro atoms. The summed E-state index contributed by atoms with van der Waals surface area (Å²) in [6.07, 6.45) is 0.508. The Bertz CT molecular complexity index is 642. The van der Waals surface area contributed by atoms with Crippen LogP contribution in [0.5, 0.6) is 0 Å². The number of amides is 3. The Kier molecular flexibility index (Phi) is 19.5. The summed E-state index contributed by atoms with van der Waals surface area (Å²) in [5.74, 6) is -1.46. The third kappa shape index (κ3) is 15.0. The van der Waals surface area contributed by atoms with Gasteiger partial charge in [0, 0.05) is 78.5 Å². The number of carbonyl (C=O) groups is 4. The molecule has 0 aromatic carbocycles. The van der Waals surface area contributed by atoms with Crippen molar-refractivity contribution in [3.63, 3.8) is 0 Å². The highest BCUT2D eigenvalue weighted by Crippen LogP contribution is 1.97. The van der Waals surface area contributed by atoms with Crippen LogP contribution in [-0.4, -0.2) is 132 Å². The molecule has 0 aliphatic rings. The molecule has 0 heterocycles. The van der Waals surface area contributed by atoms with Gasteiger partial charge in [0.25, 0.3) is 0 Å². The van der Waals surface area contributed by atoms with E-state index in [1.165, 1.54) is 4.90 Å². The fourth-order valence-corrected chi connectivity index (χ4v) is 2.97. The highest BCUT2D eigenvalue weighted by Gasteiger charge is 2.26. The number of nitrogens with one attached hydrogen (secondary N) is 5. The molecule has 0 aromatic rings. The van der Waals surface area contributed by atoms with Crippen LogP contribution in [0.25, 0.3) is 0 Å². The molecule has 0 saturated carbocycles. The lowest BCUT2D eigenvalue weighted by molar-refractivity contribution is -0.134. The van der Waals surface area contributed by atoms with Crippen molar-refractivity contribution in [1.29, 1.82) is 0 Å². The van der Waals surface area contributed by atoms with Crippen LogP contribution >= 0.6 is 0 Å². The first-order valence-corrected chi connectivity index (χ1v) is 12.0. The van der Waals surface area contributed by atoms with Gasteiger partial charge in [-0.2, -0.15) is 0 Å². The molecule has 0 aliphatic heterocycles. The molecule has 210 valence electrons. The lowest BCUT2D eigenvalue weighted by atomic mass is 10.2. The fourth-order valence-electron chi connectivity index (χ4n) is 2.97. The highest BCUT2D eigenvalue weighted by molar-refractivity contribution is 5.86. The topological polar surface area (TPSA) is 288 Å². The van der Waals surface area contributed by atoms with Gasteiger partial charge < -0.3 is 70.7 Å². The van der Waals surface area contributed by atoms with Gasteiger partial charge in [0.05, 0.1) is 18.1 Å². The molecule has 4 atom stereocenters. The van der Waals surface area contributed by atoms with Crippen LogP contribution in [0.3, 0.4) is 0 Å². The minimum Gasteiger partial charge on any atom is -0.353 e. The fraction of sp³-hybridized carbons (Fsp3) is 0.800. The highest BCUT2D eigenvalue weighted by atomic mass is 16.2. The van der Waals surface area contributed by atoms with Crippen LogP contribution in [0.2, 0.25) is 0 Å². The van der Waals surface area contributed by atoms with E-state index in [4.69, 9.17) is 34.4 Å². The molecule has 0 rings (SSSR count). The van der Waals surface area contributed by atoms with Crippen LogP contribution in [-0.2, 0) is 19.2 Å². The number of hydrogen-bond acceptors (Lipinski definition) is 13. The maximum atomic E-state index is 13.0. The SMILES string of the molecule is NCCNC[C@H](N)C(=O)NCCN(CC(C=O)NC(=O)[C@@H](N)CNCCN)C(=O)[C@@H](N)CNCCN. The van der Waals surface area contributed by atoms with Crippen LogP contribution in [0.1, 0.15) is 0 Å². The normalized spacial score (nSPS) is 14.4. The molecule has 36 heavy (non-hydrogen) atoms. The van der Waals surface area contributed by atoms with Crippen molar-refractivity contribution >= 4 is 24.0 Å².